The molecule has 0 amide bonds. The number of hydrogen-bond acceptors (Lipinski definition) is 4. The van der Waals surface area contributed by atoms with E-state index in [0.717, 1.165) is 16.3 Å². The number of ether oxygens (including phenoxy) is 1. The fourth-order valence-corrected chi connectivity index (χ4v) is 2.27. The number of benzene rings is 2. The van der Waals surface area contributed by atoms with Crippen molar-refractivity contribution in [1.29, 1.82) is 0 Å². The molecule has 0 aliphatic carbocycles. The molecule has 0 fully saturated rings. The summed E-state index contributed by atoms with van der Waals surface area (Å²) in [5.74, 6) is -1.61. The summed E-state index contributed by atoms with van der Waals surface area (Å²) in [5.41, 5.74) is -2.17. The van der Waals surface area contributed by atoms with E-state index in [1.165, 1.54) is 0 Å². The van der Waals surface area contributed by atoms with Crippen LogP contribution >= 0.6 is 0 Å². The molecule has 1 atom stereocenters. The molecule has 0 radical (unpaired) electrons. The number of esters is 1. The van der Waals surface area contributed by atoms with Crippen LogP contribution in [0.25, 0.3) is 10.8 Å². The lowest BCUT2D eigenvalue weighted by Gasteiger charge is -2.08. The number of hydrogen-bond donors (Lipinski definition) is 1. The van der Waals surface area contributed by atoms with Crippen LogP contribution in [-0.4, -0.2) is 31.1 Å². The van der Waals surface area contributed by atoms with Crippen LogP contribution < -0.4 is 0 Å². The molecule has 2 aromatic carbocycles. The van der Waals surface area contributed by atoms with Crippen molar-refractivity contribution < 1.29 is 26.9 Å². The molecule has 112 valence electrons. The highest BCUT2D eigenvalue weighted by Gasteiger charge is 2.32. The molecule has 0 aromatic heterocycles. The summed E-state index contributed by atoms with van der Waals surface area (Å²) < 4.78 is 46.8. The Hall–Kier alpha value is -1.99. The molecule has 1 N–H and O–H groups in total. The highest BCUT2D eigenvalue weighted by molar-refractivity contribution is 7.87. The number of carbonyl (C=O) groups is 1. The van der Waals surface area contributed by atoms with Gasteiger partial charge in [-0.25, -0.2) is 9.18 Å². The van der Waals surface area contributed by atoms with Gasteiger partial charge in [0.2, 0.25) is 0 Å². The molecule has 5 nitrogen and oxygen atoms in total. The van der Waals surface area contributed by atoms with Gasteiger partial charge < -0.3 is 4.74 Å². The van der Waals surface area contributed by atoms with Crippen molar-refractivity contribution in [3.05, 3.63) is 48.0 Å². The quantitative estimate of drug-likeness (QED) is 0.675. The van der Waals surface area contributed by atoms with Crippen molar-refractivity contribution >= 4 is 26.9 Å². The van der Waals surface area contributed by atoms with Crippen LogP contribution in [0.1, 0.15) is 5.56 Å². The summed E-state index contributed by atoms with van der Waals surface area (Å²) >= 11 is 0. The predicted molar refractivity (Wildman–Crippen MR) is 75.1 cm³/mol. The maximum atomic E-state index is 13.0. The summed E-state index contributed by atoms with van der Waals surface area (Å²) in [6.45, 7) is -0.178. The van der Waals surface area contributed by atoms with Gasteiger partial charge in [0.25, 0.3) is 0 Å². The van der Waals surface area contributed by atoms with Crippen LogP contribution in [0.2, 0.25) is 0 Å². The van der Waals surface area contributed by atoms with Gasteiger partial charge >= 0.3 is 21.6 Å². The minimum Gasteiger partial charge on any atom is -0.462 e. The molecular formula is C14H13FO5S. The first-order valence-corrected chi connectivity index (χ1v) is 7.63. The lowest BCUT2D eigenvalue weighted by atomic mass is 10.0. The third-order valence-electron chi connectivity index (χ3n) is 2.94. The molecule has 7 heteroatoms. The first-order chi connectivity index (χ1) is 9.89. The summed E-state index contributed by atoms with van der Waals surface area (Å²) in [7, 11) is -5.07. The van der Waals surface area contributed by atoms with Gasteiger partial charge in [0.15, 0.2) is 0 Å². The van der Waals surface area contributed by atoms with Crippen molar-refractivity contribution in [2.75, 3.05) is 6.61 Å². The highest BCUT2D eigenvalue weighted by atomic mass is 32.2. The van der Waals surface area contributed by atoms with Gasteiger partial charge in [-0.3, -0.25) is 4.55 Å². The number of rotatable bonds is 5. The number of halogens is 1. The topological polar surface area (TPSA) is 80.7 Å². The first-order valence-electron chi connectivity index (χ1n) is 6.13. The molecular weight excluding hydrogens is 299 g/mol. The second-order valence-corrected chi connectivity index (χ2v) is 5.83. The monoisotopic (exact) mass is 312 g/mol. The molecule has 0 saturated heterocycles. The largest absolute Gasteiger partial charge is 0.462 e. The Kier molecular flexibility index (Phi) is 4.54. The second kappa shape index (κ2) is 6.19. The number of alkyl halides is 1. The Morgan fingerprint density at radius 3 is 2.57 bits per heavy atom. The van der Waals surface area contributed by atoms with Crippen molar-refractivity contribution in [2.24, 2.45) is 0 Å². The second-order valence-electron chi connectivity index (χ2n) is 4.39. The molecule has 0 saturated carbocycles. The maximum Gasteiger partial charge on any atom is 0.359 e. The van der Waals surface area contributed by atoms with Crippen LogP contribution in [0.3, 0.4) is 0 Å². The Morgan fingerprint density at radius 2 is 1.86 bits per heavy atom. The highest BCUT2D eigenvalue weighted by Crippen LogP contribution is 2.19. The third kappa shape index (κ3) is 3.77. The van der Waals surface area contributed by atoms with E-state index in [9.17, 15) is 17.6 Å². The molecule has 0 spiro atoms. The van der Waals surface area contributed by atoms with E-state index in [-0.39, 0.29) is 6.61 Å². The van der Waals surface area contributed by atoms with Gasteiger partial charge in [0.1, 0.15) is 0 Å². The van der Waals surface area contributed by atoms with Crippen LogP contribution in [-0.2, 0) is 26.1 Å². The fourth-order valence-electron chi connectivity index (χ4n) is 1.96. The maximum absolute atomic E-state index is 13.0. The number of fused-ring (bicyclic) bond motifs is 1. The van der Waals surface area contributed by atoms with Crippen LogP contribution in [0.15, 0.2) is 42.5 Å². The average Bonchev–Trinajstić information content (AvgIpc) is 2.45. The van der Waals surface area contributed by atoms with Gasteiger partial charge in [-0.1, -0.05) is 42.5 Å². The standard InChI is InChI=1S/C14H13FO5S/c15-13(21(17,18)19)14(16)20-9-8-11-6-3-5-10-4-1-2-7-12(10)11/h1-7,13H,8-9H2,(H,17,18,19). The molecule has 0 aliphatic heterocycles. The first kappa shape index (κ1) is 15.4. The van der Waals surface area contributed by atoms with E-state index in [0.29, 0.717) is 6.42 Å². The Bertz CT molecular complexity index is 752. The smallest absolute Gasteiger partial charge is 0.359 e. The molecule has 1 unspecified atom stereocenters. The SMILES string of the molecule is O=C(OCCc1cccc2ccccc12)C(F)S(=O)(=O)O. The van der Waals surface area contributed by atoms with E-state index >= 15 is 0 Å². The van der Waals surface area contributed by atoms with E-state index in [1.54, 1.807) is 0 Å². The Balaban J connectivity index is 2.02. The number of carbonyl (C=O) groups excluding carboxylic acids is 1. The molecule has 0 heterocycles. The van der Waals surface area contributed by atoms with Crippen molar-refractivity contribution in [3.63, 3.8) is 0 Å². The van der Waals surface area contributed by atoms with E-state index in [4.69, 9.17) is 4.55 Å². The Morgan fingerprint density at radius 1 is 1.19 bits per heavy atom. The van der Waals surface area contributed by atoms with Gasteiger partial charge in [0.05, 0.1) is 6.61 Å². The molecule has 0 bridgehead atoms. The lowest BCUT2D eigenvalue weighted by molar-refractivity contribution is -0.146. The zero-order chi connectivity index (χ0) is 15.5. The van der Waals surface area contributed by atoms with Gasteiger partial charge in [-0.2, -0.15) is 8.42 Å². The minimum absolute atomic E-state index is 0.178. The van der Waals surface area contributed by atoms with Gasteiger partial charge in [-0.15, -0.1) is 0 Å². The van der Waals surface area contributed by atoms with Crippen molar-refractivity contribution in [1.82, 2.24) is 0 Å². The van der Waals surface area contributed by atoms with Crippen molar-refractivity contribution in [2.45, 2.75) is 11.9 Å². The van der Waals surface area contributed by atoms with Gasteiger partial charge in [0, 0.05) is 6.42 Å². The lowest BCUT2D eigenvalue weighted by Crippen LogP contribution is -2.27. The molecule has 2 aromatic rings. The summed E-state index contributed by atoms with van der Waals surface area (Å²) in [5, 5.41) is 1.99. The van der Waals surface area contributed by atoms with Gasteiger partial charge in [-0.05, 0) is 16.3 Å². The third-order valence-corrected chi connectivity index (χ3v) is 3.66. The minimum atomic E-state index is -5.07. The van der Waals surface area contributed by atoms with Crippen molar-refractivity contribution in [3.8, 4) is 0 Å². The van der Waals surface area contributed by atoms with E-state index < -0.39 is 21.6 Å². The zero-order valence-corrected chi connectivity index (χ0v) is 11.7. The molecule has 2 rings (SSSR count). The Labute approximate surface area is 121 Å². The van der Waals surface area contributed by atoms with Crippen LogP contribution in [0.5, 0.6) is 0 Å². The molecule has 21 heavy (non-hydrogen) atoms. The summed E-state index contributed by atoms with van der Waals surface area (Å²) in [6, 6.07) is 13.2. The van der Waals surface area contributed by atoms with E-state index in [1.807, 2.05) is 42.5 Å². The summed E-state index contributed by atoms with van der Waals surface area (Å²) in [6.07, 6.45) is 0.311. The van der Waals surface area contributed by atoms with Crippen LogP contribution in [0, 0.1) is 0 Å². The fraction of sp³-hybridized carbons (Fsp3) is 0.214. The van der Waals surface area contributed by atoms with Crippen LogP contribution in [0.4, 0.5) is 4.39 Å². The van der Waals surface area contributed by atoms with E-state index in [2.05, 4.69) is 4.74 Å². The zero-order valence-electron chi connectivity index (χ0n) is 10.9. The summed E-state index contributed by atoms with van der Waals surface area (Å²) in [4.78, 5) is 11.1. The normalized spacial score (nSPS) is 13.0. The average molecular weight is 312 g/mol. The predicted octanol–water partition coefficient (Wildman–Crippen LogP) is 2.11. The molecule has 0 aliphatic rings.